The summed E-state index contributed by atoms with van der Waals surface area (Å²) in [4.78, 5) is 26.1. The van der Waals surface area contributed by atoms with E-state index in [1.165, 1.54) is 23.7 Å². The van der Waals surface area contributed by atoms with E-state index in [1.54, 1.807) is 0 Å². The summed E-state index contributed by atoms with van der Waals surface area (Å²) in [5.74, 6) is 1.24. The maximum Gasteiger partial charge on any atom is 0.221 e. The van der Waals surface area contributed by atoms with Gasteiger partial charge in [-0.1, -0.05) is 11.8 Å². The summed E-state index contributed by atoms with van der Waals surface area (Å²) in [5.41, 5.74) is 8.41. The molecule has 1 aromatic carbocycles. The third-order valence-electron chi connectivity index (χ3n) is 4.41. The van der Waals surface area contributed by atoms with Gasteiger partial charge in [0.25, 0.3) is 0 Å². The van der Waals surface area contributed by atoms with Crippen molar-refractivity contribution in [1.29, 1.82) is 0 Å². The average molecular weight is 510 g/mol. The Morgan fingerprint density at radius 1 is 1.43 bits per heavy atom. The van der Waals surface area contributed by atoms with Gasteiger partial charge in [0.2, 0.25) is 5.91 Å². The summed E-state index contributed by atoms with van der Waals surface area (Å²) in [7, 11) is 0. The first kappa shape index (κ1) is 19.2. The average Bonchev–Trinajstić information content (AvgIpc) is 3.25. The second-order valence-corrected chi connectivity index (χ2v) is 8.44. The lowest BCUT2D eigenvalue weighted by molar-refractivity contribution is -0.121. The van der Waals surface area contributed by atoms with E-state index in [0.717, 1.165) is 32.4 Å². The van der Waals surface area contributed by atoms with Gasteiger partial charge in [-0.15, -0.1) is 0 Å². The second kappa shape index (κ2) is 8.11. The number of nitrogens with zero attached hydrogens (tertiary/aromatic N) is 4. The number of ether oxygens (including phenoxy) is 1. The summed E-state index contributed by atoms with van der Waals surface area (Å²) in [6.07, 6.45) is 2.69. The number of nitrogens with two attached hydrogens (primary N) is 1. The molecule has 3 N–H and O–H groups in total. The zero-order chi connectivity index (χ0) is 19.7. The van der Waals surface area contributed by atoms with Crippen LogP contribution in [0.4, 0.5) is 5.82 Å². The SMILES string of the molecule is CCNC(=O)CCn1c(Sc2cc3c(cc2I)CCO3)nc2c(N)ncnc21. The van der Waals surface area contributed by atoms with Crippen molar-refractivity contribution in [1.82, 2.24) is 24.8 Å². The Morgan fingerprint density at radius 3 is 3.11 bits per heavy atom. The number of rotatable bonds is 6. The number of imidazole rings is 1. The molecule has 0 radical (unpaired) electrons. The van der Waals surface area contributed by atoms with Crippen LogP contribution in [0.15, 0.2) is 28.5 Å². The number of amides is 1. The summed E-state index contributed by atoms with van der Waals surface area (Å²) in [5, 5.41) is 3.54. The minimum Gasteiger partial charge on any atom is -0.493 e. The van der Waals surface area contributed by atoms with E-state index >= 15 is 0 Å². The van der Waals surface area contributed by atoms with Crippen molar-refractivity contribution in [2.24, 2.45) is 0 Å². The van der Waals surface area contributed by atoms with Crippen LogP contribution < -0.4 is 15.8 Å². The van der Waals surface area contributed by atoms with Crippen molar-refractivity contribution in [2.45, 2.75) is 36.4 Å². The third kappa shape index (κ3) is 3.75. The Hall–Kier alpha value is -2.08. The molecule has 2 aromatic heterocycles. The molecule has 0 atom stereocenters. The predicted molar refractivity (Wildman–Crippen MR) is 116 cm³/mol. The van der Waals surface area contributed by atoms with Gasteiger partial charge in [-0.25, -0.2) is 15.0 Å². The minimum atomic E-state index is -0.0113. The number of aryl methyl sites for hydroxylation is 1. The normalized spacial score (nSPS) is 12.8. The zero-order valence-corrected chi connectivity index (χ0v) is 18.2. The molecule has 1 aliphatic rings. The highest BCUT2D eigenvalue weighted by Crippen LogP contribution is 2.38. The van der Waals surface area contributed by atoms with Gasteiger partial charge in [0.05, 0.1) is 6.61 Å². The number of aromatic nitrogens is 4. The van der Waals surface area contributed by atoms with Crippen molar-refractivity contribution in [3.63, 3.8) is 0 Å². The fraction of sp³-hybridized carbons (Fsp3) is 0.333. The smallest absolute Gasteiger partial charge is 0.221 e. The molecule has 8 nitrogen and oxygen atoms in total. The van der Waals surface area contributed by atoms with E-state index in [4.69, 9.17) is 10.5 Å². The molecule has 0 aliphatic carbocycles. The highest BCUT2D eigenvalue weighted by atomic mass is 127. The molecule has 0 saturated carbocycles. The van der Waals surface area contributed by atoms with Crippen LogP contribution in [0, 0.1) is 3.57 Å². The fourth-order valence-corrected chi connectivity index (χ4v) is 4.87. The first-order valence-corrected chi connectivity index (χ1v) is 10.8. The van der Waals surface area contributed by atoms with Gasteiger partial charge in [-0.05, 0) is 47.2 Å². The van der Waals surface area contributed by atoms with E-state index in [1.807, 2.05) is 11.5 Å². The Kier molecular flexibility index (Phi) is 5.58. The molecule has 0 fully saturated rings. The molecule has 1 aliphatic heterocycles. The maximum atomic E-state index is 12.0. The standard InChI is InChI=1S/C18H19IN6O2S/c1-2-21-14(26)3-5-25-17-15(16(20)22-9-23-17)24-18(25)28-13-8-12-10(4-6-27-12)7-11(13)19/h7-9H,2-6H2,1H3,(H,21,26)(H2,20,22,23). The molecule has 0 spiro atoms. The Morgan fingerprint density at radius 2 is 2.29 bits per heavy atom. The molecule has 0 saturated heterocycles. The molecule has 10 heteroatoms. The molecule has 3 heterocycles. The number of benzene rings is 1. The van der Waals surface area contributed by atoms with E-state index in [9.17, 15) is 4.79 Å². The number of hydrogen-bond acceptors (Lipinski definition) is 7. The maximum absolute atomic E-state index is 12.0. The summed E-state index contributed by atoms with van der Waals surface area (Å²) < 4.78 is 8.77. The van der Waals surface area contributed by atoms with E-state index in [0.29, 0.717) is 36.5 Å². The first-order chi connectivity index (χ1) is 13.6. The lowest BCUT2D eigenvalue weighted by Crippen LogP contribution is -2.23. The van der Waals surface area contributed by atoms with Gasteiger partial charge >= 0.3 is 0 Å². The fourth-order valence-electron chi connectivity index (χ4n) is 3.07. The van der Waals surface area contributed by atoms with Crippen LogP contribution in [0.25, 0.3) is 11.2 Å². The molecular weight excluding hydrogens is 491 g/mol. The van der Waals surface area contributed by atoms with Gasteiger partial charge in [0.1, 0.15) is 12.1 Å². The van der Waals surface area contributed by atoms with Gasteiger partial charge < -0.3 is 20.4 Å². The van der Waals surface area contributed by atoms with Crippen molar-refractivity contribution >= 4 is 57.2 Å². The van der Waals surface area contributed by atoms with Crippen LogP contribution in [-0.4, -0.2) is 38.6 Å². The monoisotopic (exact) mass is 510 g/mol. The highest BCUT2D eigenvalue weighted by molar-refractivity contribution is 14.1. The predicted octanol–water partition coefficient (Wildman–Crippen LogP) is 2.63. The molecule has 28 heavy (non-hydrogen) atoms. The summed E-state index contributed by atoms with van der Waals surface area (Å²) in [6, 6.07) is 4.21. The number of fused-ring (bicyclic) bond motifs is 2. The van der Waals surface area contributed by atoms with Crippen LogP contribution in [0.3, 0.4) is 0 Å². The molecule has 0 unspecified atom stereocenters. The number of carbonyl (C=O) groups excluding carboxylic acids is 1. The van der Waals surface area contributed by atoms with Crippen molar-refractivity contribution in [3.8, 4) is 5.75 Å². The highest BCUT2D eigenvalue weighted by Gasteiger charge is 2.20. The quantitative estimate of drug-likeness (QED) is 0.491. The molecule has 3 aromatic rings. The minimum absolute atomic E-state index is 0.0113. The van der Waals surface area contributed by atoms with Crippen LogP contribution in [0.2, 0.25) is 0 Å². The van der Waals surface area contributed by atoms with Gasteiger partial charge in [0, 0.05) is 34.4 Å². The molecule has 4 rings (SSSR count). The van der Waals surface area contributed by atoms with Gasteiger partial charge in [0.15, 0.2) is 22.1 Å². The van der Waals surface area contributed by atoms with Crippen molar-refractivity contribution in [2.75, 3.05) is 18.9 Å². The molecule has 0 bridgehead atoms. The Bertz CT molecular complexity index is 1050. The first-order valence-electron chi connectivity index (χ1n) is 8.93. The van der Waals surface area contributed by atoms with Gasteiger partial charge in [-0.3, -0.25) is 4.79 Å². The third-order valence-corrected chi connectivity index (χ3v) is 6.72. The van der Waals surface area contributed by atoms with Crippen LogP contribution in [0.5, 0.6) is 5.75 Å². The molecular formula is C18H19IN6O2S. The zero-order valence-electron chi connectivity index (χ0n) is 15.2. The second-order valence-electron chi connectivity index (χ2n) is 6.27. The van der Waals surface area contributed by atoms with E-state index < -0.39 is 0 Å². The molecule has 1 amide bonds. The van der Waals surface area contributed by atoms with E-state index in [2.05, 4.69) is 55.0 Å². The number of halogens is 1. The summed E-state index contributed by atoms with van der Waals surface area (Å²) in [6.45, 7) is 3.68. The number of carbonyl (C=O) groups is 1. The van der Waals surface area contributed by atoms with Crippen LogP contribution >= 0.6 is 34.4 Å². The molecule has 146 valence electrons. The number of hydrogen-bond donors (Lipinski definition) is 2. The van der Waals surface area contributed by atoms with Crippen LogP contribution in [0.1, 0.15) is 18.9 Å². The number of anilines is 1. The topological polar surface area (TPSA) is 108 Å². The summed E-state index contributed by atoms with van der Waals surface area (Å²) >= 11 is 3.85. The van der Waals surface area contributed by atoms with Crippen LogP contribution in [-0.2, 0) is 17.8 Å². The number of nitrogens with one attached hydrogen (secondary N) is 1. The van der Waals surface area contributed by atoms with Crippen molar-refractivity contribution < 1.29 is 9.53 Å². The largest absolute Gasteiger partial charge is 0.493 e. The number of nitrogen functional groups attached to an aromatic ring is 1. The lowest BCUT2D eigenvalue weighted by Gasteiger charge is -2.10. The van der Waals surface area contributed by atoms with Crippen molar-refractivity contribution in [3.05, 3.63) is 27.6 Å². The Labute approximate surface area is 179 Å². The Balaban J connectivity index is 1.71. The van der Waals surface area contributed by atoms with Gasteiger partial charge in [-0.2, -0.15) is 0 Å². The van der Waals surface area contributed by atoms with E-state index in [-0.39, 0.29) is 5.91 Å². The lowest BCUT2D eigenvalue weighted by atomic mass is 10.2.